The van der Waals surface area contributed by atoms with E-state index < -0.39 is 5.97 Å². The van der Waals surface area contributed by atoms with Crippen LogP contribution in [0.2, 0.25) is 0 Å². The molecule has 0 spiro atoms. The summed E-state index contributed by atoms with van der Waals surface area (Å²) in [5, 5.41) is 0. The van der Waals surface area contributed by atoms with Crippen molar-refractivity contribution in [1.82, 2.24) is 4.90 Å². The van der Waals surface area contributed by atoms with Crippen molar-refractivity contribution in [2.75, 3.05) is 20.7 Å². The SMILES string of the molecule is COC(=O)CN(C)C(=O)CC(N)=S. The molecule has 0 radical (unpaired) electrons. The van der Waals surface area contributed by atoms with Gasteiger partial charge in [-0.25, -0.2) is 0 Å². The summed E-state index contributed by atoms with van der Waals surface area (Å²) in [6.45, 7) is -0.0854. The van der Waals surface area contributed by atoms with Gasteiger partial charge >= 0.3 is 5.97 Å². The Kier molecular flexibility index (Phi) is 4.98. The predicted octanol–water partition coefficient (Wildman–Crippen LogP) is -0.706. The van der Waals surface area contributed by atoms with Crippen LogP contribution in [-0.4, -0.2) is 42.5 Å². The highest BCUT2D eigenvalue weighted by Crippen LogP contribution is 1.91. The van der Waals surface area contributed by atoms with Crippen molar-refractivity contribution in [1.29, 1.82) is 0 Å². The number of nitrogens with two attached hydrogens (primary N) is 1. The average Bonchev–Trinajstić information content (AvgIpc) is 2.02. The van der Waals surface area contributed by atoms with Crippen molar-refractivity contribution < 1.29 is 14.3 Å². The molecule has 0 aromatic rings. The van der Waals surface area contributed by atoms with Gasteiger partial charge in [0.05, 0.1) is 18.5 Å². The normalized spacial score (nSPS) is 9.08. The molecule has 0 aromatic carbocycles. The molecule has 0 aliphatic heterocycles. The van der Waals surface area contributed by atoms with E-state index in [9.17, 15) is 9.59 Å². The first kappa shape index (κ1) is 11.8. The van der Waals surface area contributed by atoms with Gasteiger partial charge in [0.25, 0.3) is 0 Å². The Bertz CT molecular complexity index is 230. The minimum Gasteiger partial charge on any atom is -0.468 e. The van der Waals surface area contributed by atoms with Gasteiger partial charge in [0.15, 0.2) is 0 Å². The van der Waals surface area contributed by atoms with Gasteiger partial charge in [0, 0.05) is 7.05 Å². The highest BCUT2D eigenvalue weighted by molar-refractivity contribution is 7.80. The zero-order chi connectivity index (χ0) is 10.4. The summed E-state index contributed by atoms with van der Waals surface area (Å²) < 4.78 is 4.38. The molecule has 0 saturated heterocycles. The van der Waals surface area contributed by atoms with Crippen LogP contribution >= 0.6 is 12.2 Å². The number of thiocarbonyl (C=S) groups is 1. The number of esters is 1. The number of rotatable bonds is 4. The van der Waals surface area contributed by atoms with Crippen molar-refractivity contribution in [3.8, 4) is 0 Å². The third kappa shape index (κ3) is 5.13. The van der Waals surface area contributed by atoms with Crippen molar-refractivity contribution in [3.63, 3.8) is 0 Å². The first-order chi connectivity index (χ1) is 5.97. The Morgan fingerprint density at radius 3 is 2.46 bits per heavy atom. The van der Waals surface area contributed by atoms with Crippen molar-refractivity contribution in [2.24, 2.45) is 5.73 Å². The number of nitrogens with zero attached hydrogens (tertiary/aromatic N) is 1. The van der Waals surface area contributed by atoms with Gasteiger partial charge in [-0.3, -0.25) is 9.59 Å². The fourth-order valence-corrected chi connectivity index (χ4v) is 0.754. The maximum absolute atomic E-state index is 11.2. The molecule has 1 amide bonds. The lowest BCUT2D eigenvalue weighted by Gasteiger charge is -2.14. The summed E-state index contributed by atoms with van der Waals surface area (Å²) in [5.41, 5.74) is 5.16. The number of carbonyl (C=O) groups is 2. The second-order valence-corrected chi connectivity index (χ2v) is 2.99. The van der Waals surface area contributed by atoms with E-state index in [1.165, 1.54) is 19.1 Å². The first-order valence-electron chi connectivity index (χ1n) is 3.56. The molecule has 2 N–H and O–H groups in total. The summed E-state index contributed by atoms with van der Waals surface area (Å²) in [7, 11) is 2.74. The molecule has 74 valence electrons. The number of carbonyl (C=O) groups excluding carboxylic acids is 2. The van der Waals surface area contributed by atoms with Crippen LogP contribution in [-0.2, 0) is 14.3 Å². The largest absolute Gasteiger partial charge is 0.468 e. The summed E-state index contributed by atoms with van der Waals surface area (Å²) >= 11 is 4.55. The fraction of sp³-hybridized carbons (Fsp3) is 0.571. The number of amides is 1. The number of hydrogen-bond donors (Lipinski definition) is 1. The van der Waals surface area contributed by atoms with E-state index in [2.05, 4.69) is 17.0 Å². The molecule has 0 aliphatic carbocycles. The molecule has 0 fully saturated rings. The topological polar surface area (TPSA) is 72.6 Å². The monoisotopic (exact) mass is 204 g/mol. The van der Waals surface area contributed by atoms with E-state index >= 15 is 0 Å². The number of ether oxygens (including phenoxy) is 1. The second kappa shape index (κ2) is 5.47. The zero-order valence-corrected chi connectivity index (χ0v) is 8.39. The molecule has 0 aromatic heterocycles. The molecule has 0 unspecified atom stereocenters. The standard InChI is InChI=1S/C7H12N2O3S/c1-9(4-7(11)12-2)6(10)3-5(8)13/h3-4H2,1-2H3,(H2,8,13). The minimum atomic E-state index is -0.473. The van der Waals surface area contributed by atoms with Crippen LogP contribution in [0.15, 0.2) is 0 Å². The molecule has 0 saturated carbocycles. The molecular formula is C7H12N2O3S. The lowest BCUT2D eigenvalue weighted by Crippen LogP contribution is -2.34. The third-order valence-electron chi connectivity index (χ3n) is 1.35. The highest BCUT2D eigenvalue weighted by Gasteiger charge is 2.13. The van der Waals surface area contributed by atoms with Crippen LogP contribution in [0.3, 0.4) is 0 Å². The molecule has 13 heavy (non-hydrogen) atoms. The molecule has 0 aliphatic rings. The maximum Gasteiger partial charge on any atom is 0.325 e. The lowest BCUT2D eigenvalue weighted by molar-refractivity contribution is -0.145. The summed E-state index contributed by atoms with van der Waals surface area (Å²) in [4.78, 5) is 23.2. The number of hydrogen-bond acceptors (Lipinski definition) is 4. The summed E-state index contributed by atoms with van der Waals surface area (Å²) in [6.07, 6.45) is -0.0250. The lowest BCUT2D eigenvalue weighted by atomic mass is 10.3. The van der Waals surface area contributed by atoms with E-state index in [0.717, 1.165) is 0 Å². The van der Waals surface area contributed by atoms with Crippen molar-refractivity contribution in [3.05, 3.63) is 0 Å². The Labute approximate surface area is 81.8 Å². The van der Waals surface area contributed by atoms with Crippen molar-refractivity contribution in [2.45, 2.75) is 6.42 Å². The quantitative estimate of drug-likeness (QED) is 0.484. The Hall–Kier alpha value is -1.17. The number of methoxy groups -OCH3 is 1. The Morgan fingerprint density at radius 1 is 1.54 bits per heavy atom. The van der Waals surface area contributed by atoms with Gasteiger partial charge in [-0.1, -0.05) is 12.2 Å². The summed E-state index contributed by atoms with van der Waals surface area (Å²) in [6, 6.07) is 0. The van der Waals surface area contributed by atoms with Crippen LogP contribution in [0, 0.1) is 0 Å². The molecule has 0 bridgehead atoms. The zero-order valence-electron chi connectivity index (χ0n) is 7.57. The predicted molar refractivity (Wildman–Crippen MR) is 51.1 cm³/mol. The number of likely N-dealkylation sites (N-methyl/N-ethyl adjacent to an activating group) is 1. The average molecular weight is 204 g/mol. The maximum atomic E-state index is 11.2. The molecule has 0 atom stereocenters. The van der Waals surface area contributed by atoms with Gasteiger partial charge in [-0.2, -0.15) is 0 Å². The molecule has 6 heteroatoms. The van der Waals surface area contributed by atoms with Crippen LogP contribution in [0.5, 0.6) is 0 Å². The second-order valence-electron chi connectivity index (χ2n) is 2.47. The summed E-state index contributed by atoms with van der Waals surface area (Å²) in [5.74, 6) is -0.767. The molecule has 5 nitrogen and oxygen atoms in total. The van der Waals surface area contributed by atoms with Gasteiger partial charge in [0.2, 0.25) is 5.91 Å². The van der Waals surface area contributed by atoms with Crippen LogP contribution in [0.25, 0.3) is 0 Å². The van der Waals surface area contributed by atoms with E-state index in [0.29, 0.717) is 0 Å². The van der Waals surface area contributed by atoms with E-state index in [-0.39, 0.29) is 23.9 Å². The minimum absolute atomic E-state index is 0.0250. The van der Waals surface area contributed by atoms with Gasteiger partial charge < -0.3 is 15.4 Å². The fourth-order valence-electron chi connectivity index (χ4n) is 0.630. The van der Waals surface area contributed by atoms with Gasteiger partial charge in [0.1, 0.15) is 6.54 Å². The highest BCUT2D eigenvalue weighted by atomic mass is 32.1. The van der Waals surface area contributed by atoms with E-state index in [4.69, 9.17) is 5.73 Å². The van der Waals surface area contributed by atoms with E-state index in [1.54, 1.807) is 0 Å². The van der Waals surface area contributed by atoms with Crippen LogP contribution < -0.4 is 5.73 Å². The van der Waals surface area contributed by atoms with Crippen LogP contribution in [0.4, 0.5) is 0 Å². The van der Waals surface area contributed by atoms with Crippen LogP contribution in [0.1, 0.15) is 6.42 Å². The van der Waals surface area contributed by atoms with Crippen molar-refractivity contribution >= 4 is 29.1 Å². The molecule has 0 heterocycles. The Balaban J connectivity index is 3.96. The van der Waals surface area contributed by atoms with E-state index in [1.807, 2.05) is 0 Å². The first-order valence-corrected chi connectivity index (χ1v) is 3.97. The smallest absolute Gasteiger partial charge is 0.325 e. The van der Waals surface area contributed by atoms with Gasteiger partial charge in [-0.05, 0) is 0 Å². The third-order valence-corrected chi connectivity index (χ3v) is 1.49. The molecule has 0 rings (SSSR count). The van der Waals surface area contributed by atoms with Gasteiger partial charge in [-0.15, -0.1) is 0 Å². The Morgan fingerprint density at radius 2 is 2.08 bits per heavy atom. The molecular weight excluding hydrogens is 192 g/mol.